The predicted octanol–water partition coefficient (Wildman–Crippen LogP) is 2.64. The number of halogens is 1. The SMILES string of the molecule is CCn1nc(C)c2nc(CCl)n(Cc3cc(C)no3)c21. The molecule has 0 unspecified atom stereocenters. The summed E-state index contributed by atoms with van der Waals surface area (Å²) in [4.78, 5) is 4.59. The average molecular weight is 294 g/mol. The number of imidazole rings is 1. The van der Waals surface area contributed by atoms with Gasteiger partial charge < -0.3 is 9.09 Å². The summed E-state index contributed by atoms with van der Waals surface area (Å²) in [5, 5.41) is 8.41. The third-order valence-electron chi connectivity index (χ3n) is 3.29. The van der Waals surface area contributed by atoms with Crippen molar-refractivity contribution in [1.29, 1.82) is 0 Å². The maximum atomic E-state index is 6.02. The molecule has 3 aromatic heterocycles. The Kier molecular flexibility index (Phi) is 3.25. The molecule has 0 aliphatic rings. The Labute approximate surface area is 121 Å². The van der Waals surface area contributed by atoms with Gasteiger partial charge in [0.15, 0.2) is 11.4 Å². The van der Waals surface area contributed by atoms with E-state index in [1.807, 2.05) is 29.2 Å². The minimum atomic E-state index is 0.352. The molecule has 0 saturated heterocycles. The van der Waals surface area contributed by atoms with Crippen molar-refractivity contribution in [1.82, 2.24) is 24.5 Å². The first-order valence-corrected chi connectivity index (χ1v) is 7.08. The van der Waals surface area contributed by atoms with Crippen LogP contribution in [0.3, 0.4) is 0 Å². The van der Waals surface area contributed by atoms with Crippen LogP contribution >= 0.6 is 11.6 Å². The summed E-state index contributed by atoms with van der Waals surface area (Å²) in [6.07, 6.45) is 0. The van der Waals surface area contributed by atoms with Crippen molar-refractivity contribution < 1.29 is 4.52 Å². The van der Waals surface area contributed by atoms with E-state index in [0.717, 1.165) is 40.7 Å². The molecule has 0 amide bonds. The molecule has 0 aliphatic carbocycles. The summed E-state index contributed by atoms with van der Waals surface area (Å²) < 4.78 is 9.28. The van der Waals surface area contributed by atoms with Gasteiger partial charge >= 0.3 is 0 Å². The molecular formula is C13H16ClN5O. The second-order valence-electron chi connectivity index (χ2n) is 4.76. The predicted molar refractivity (Wildman–Crippen MR) is 75.8 cm³/mol. The van der Waals surface area contributed by atoms with Crippen molar-refractivity contribution in [3.8, 4) is 0 Å². The molecule has 7 heteroatoms. The lowest BCUT2D eigenvalue weighted by Gasteiger charge is -2.06. The number of aromatic nitrogens is 5. The van der Waals surface area contributed by atoms with Gasteiger partial charge in [0, 0.05) is 12.6 Å². The van der Waals surface area contributed by atoms with E-state index in [1.54, 1.807) is 0 Å². The second kappa shape index (κ2) is 4.94. The highest BCUT2D eigenvalue weighted by molar-refractivity contribution is 6.16. The Morgan fingerprint density at radius 2 is 2.15 bits per heavy atom. The zero-order chi connectivity index (χ0) is 14.3. The lowest BCUT2D eigenvalue weighted by Crippen LogP contribution is -2.08. The van der Waals surface area contributed by atoms with Gasteiger partial charge in [0.05, 0.1) is 23.8 Å². The fourth-order valence-corrected chi connectivity index (χ4v) is 2.61. The minimum absolute atomic E-state index is 0.352. The van der Waals surface area contributed by atoms with Gasteiger partial charge in [-0.05, 0) is 20.8 Å². The van der Waals surface area contributed by atoms with Crippen molar-refractivity contribution >= 4 is 22.8 Å². The van der Waals surface area contributed by atoms with Gasteiger partial charge in [-0.3, -0.25) is 0 Å². The summed E-state index contributed by atoms with van der Waals surface area (Å²) in [6, 6.07) is 1.92. The molecule has 0 N–H and O–H groups in total. The van der Waals surface area contributed by atoms with Crippen LogP contribution in [0.1, 0.15) is 29.9 Å². The Morgan fingerprint density at radius 1 is 1.35 bits per heavy atom. The van der Waals surface area contributed by atoms with E-state index in [9.17, 15) is 0 Å². The van der Waals surface area contributed by atoms with E-state index in [1.165, 1.54) is 0 Å². The monoisotopic (exact) mass is 293 g/mol. The van der Waals surface area contributed by atoms with Crippen LogP contribution in [-0.4, -0.2) is 24.5 Å². The van der Waals surface area contributed by atoms with E-state index >= 15 is 0 Å². The van der Waals surface area contributed by atoms with Gasteiger partial charge in [-0.15, -0.1) is 11.6 Å². The zero-order valence-electron chi connectivity index (χ0n) is 11.7. The Hall–Kier alpha value is -1.82. The van der Waals surface area contributed by atoms with Crippen LogP contribution in [0.2, 0.25) is 0 Å². The Morgan fingerprint density at radius 3 is 2.75 bits per heavy atom. The number of aryl methyl sites for hydroxylation is 3. The molecule has 0 saturated carbocycles. The van der Waals surface area contributed by atoms with Gasteiger partial charge in [0.25, 0.3) is 0 Å². The van der Waals surface area contributed by atoms with Gasteiger partial charge in [-0.1, -0.05) is 5.16 Å². The van der Waals surface area contributed by atoms with Gasteiger partial charge in [-0.25, -0.2) is 9.67 Å². The third-order valence-corrected chi connectivity index (χ3v) is 3.53. The molecule has 3 aromatic rings. The summed E-state index contributed by atoms with van der Waals surface area (Å²) in [5.74, 6) is 1.96. The first kappa shape index (κ1) is 13.2. The third kappa shape index (κ3) is 2.00. The molecule has 0 radical (unpaired) electrons. The van der Waals surface area contributed by atoms with E-state index in [0.29, 0.717) is 12.4 Å². The molecule has 6 nitrogen and oxygen atoms in total. The highest BCUT2D eigenvalue weighted by atomic mass is 35.5. The van der Waals surface area contributed by atoms with E-state index in [-0.39, 0.29) is 0 Å². The molecule has 106 valence electrons. The second-order valence-corrected chi connectivity index (χ2v) is 5.02. The quantitative estimate of drug-likeness (QED) is 0.694. The Balaban J connectivity index is 2.16. The molecule has 0 aliphatic heterocycles. The number of fused-ring (bicyclic) bond motifs is 1. The number of rotatable bonds is 4. The molecule has 0 fully saturated rings. The molecular weight excluding hydrogens is 278 g/mol. The highest BCUT2D eigenvalue weighted by Gasteiger charge is 2.18. The van der Waals surface area contributed by atoms with Crippen LogP contribution in [-0.2, 0) is 19.0 Å². The van der Waals surface area contributed by atoms with Crippen LogP contribution in [0, 0.1) is 13.8 Å². The number of nitrogens with zero attached hydrogens (tertiary/aromatic N) is 5. The fraction of sp³-hybridized carbons (Fsp3) is 0.462. The topological polar surface area (TPSA) is 61.7 Å². The smallest absolute Gasteiger partial charge is 0.159 e. The van der Waals surface area contributed by atoms with Crippen LogP contribution in [0.25, 0.3) is 11.2 Å². The lowest BCUT2D eigenvalue weighted by atomic mass is 10.4. The molecule has 3 rings (SSSR count). The number of alkyl halides is 1. The molecule has 0 spiro atoms. The van der Waals surface area contributed by atoms with Crippen molar-refractivity contribution in [2.75, 3.05) is 0 Å². The molecule has 3 heterocycles. The summed E-state index contributed by atoms with van der Waals surface area (Å²) in [6.45, 7) is 7.27. The van der Waals surface area contributed by atoms with E-state index in [2.05, 4.69) is 22.2 Å². The van der Waals surface area contributed by atoms with Crippen molar-refractivity contribution in [2.45, 2.75) is 39.7 Å². The standard InChI is InChI=1S/C13H16ClN5O/c1-4-19-13-12(9(3)16-19)15-11(6-14)18(13)7-10-5-8(2)17-20-10/h5H,4,6-7H2,1-3H3. The van der Waals surface area contributed by atoms with Gasteiger partial charge in [-0.2, -0.15) is 5.10 Å². The van der Waals surface area contributed by atoms with Crippen molar-refractivity contribution in [2.24, 2.45) is 0 Å². The van der Waals surface area contributed by atoms with E-state index < -0.39 is 0 Å². The molecule has 20 heavy (non-hydrogen) atoms. The minimum Gasteiger partial charge on any atom is -0.359 e. The summed E-state index contributed by atoms with van der Waals surface area (Å²) in [5.41, 5.74) is 3.66. The first-order valence-electron chi connectivity index (χ1n) is 6.54. The maximum Gasteiger partial charge on any atom is 0.159 e. The van der Waals surface area contributed by atoms with Gasteiger partial charge in [0.2, 0.25) is 0 Å². The van der Waals surface area contributed by atoms with Crippen LogP contribution in [0.5, 0.6) is 0 Å². The highest BCUT2D eigenvalue weighted by Crippen LogP contribution is 2.22. The van der Waals surface area contributed by atoms with Crippen LogP contribution in [0.15, 0.2) is 10.6 Å². The van der Waals surface area contributed by atoms with Gasteiger partial charge in [0.1, 0.15) is 11.3 Å². The summed E-state index contributed by atoms with van der Waals surface area (Å²) in [7, 11) is 0. The average Bonchev–Trinajstić information content (AvgIpc) is 3.08. The maximum absolute atomic E-state index is 6.02. The number of hydrogen-bond donors (Lipinski definition) is 0. The Bertz CT molecular complexity index is 754. The lowest BCUT2D eigenvalue weighted by molar-refractivity contribution is 0.372. The summed E-state index contributed by atoms with van der Waals surface area (Å²) >= 11 is 6.02. The normalized spacial score (nSPS) is 11.6. The number of hydrogen-bond acceptors (Lipinski definition) is 4. The van der Waals surface area contributed by atoms with Crippen LogP contribution < -0.4 is 0 Å². The fourth-order valence-electron chi connectivity index (χ4n) is 2.40. The molecule has 0 atom stereocenters. The molecule has 0 aromatic carbocycles. The van der Waals surface area contributed by atoms with E-state index in [4.69, 9.17) is 16.1 Å². The molecule has 0 bridgehead atoms. The van der Waals surface area contributed by atoms with Crippen molar-refractivity contribution in [3.05, 3.63) is 29.0 Å². The first-order chi connectivity index (χ1) is 9.63. The van der Waals surface area contributed by atoms with Crippen molar-refractivity contribution in [3.63, 3.8) is 0 Å². The largest absolute Gasteiger partial charge is 0.359 e. The zero-order valence-corrected chi connectivity index (χ0v) is 12.5. The van der Waals surface area contributed by atoms with Crippen LogP contribution in [0.4, 0.5) is 0 Å².